The van der Waals surface area contributed by atoms with E-state index in [1.807, 2.05) is 6.07 Å². The first-order valence-electron chi connectivity index (χ1n) is 5.93. The number of nitrogens with two attached hydrogens (primary N) is 1. The Balaban J connectivity index is 2.06. The molecule has 0 aliphatic carbocycles. The van der Waals surface area contributed by atoms with Gasteiger partial charge in [0.25, 0.3) is 0 Å². The number of rotatable bonds is 4. The Hall–Kier alpha value is -0.740. The van der Waals surface area contributed by atoms with Gasteiger partial charge >= 0.3 is 0 Å². The van der Waals surface area contributed by atoms with Gasteiger partial charge in [0.1, 0.15) is 4.99 Å². The molecule has 0 bridgehead atoms. The zero-order valence-corrected chi connectivity index (χ0v) is 11.7. The van der Waals surface area contributed by atoms with Crippen LogP contribution in [0.5, 0.6) is 0 Å². The molecule has 0 radical (unpaired) electrons. The largest absolute Gasteiger partial charge is 0.389 e. The minimum absolute atomic E-state index is 0.468. The second kappa shape index (κ2) is 5.74. The van der Waals surface area contributed by atoms with Crippen LogP contribution in [-0.4, -0.2) is 22.5 Å². The normalized spacial score (nSPS) is 19.2. The van der Waals surface area contributed by atoms with Crippen LogP contribution in [0.15, 0.2) is 18.2 Å². The summed E-state index contributed by atoms with van der Waals surface area (Å²) in [5, 5.41) is 4.21. The SMILES string of the molecule is Cc1ccc(NCC2CCCS2)c(C(N)=S)c1. The van der Waals surface area contributed by atoms with Gasteiger partial charge < -0.3 is 11.1 Å². The summed E-state index contributed by atoms with van der Waals surface area (Å²) in [6.07, 6.45) is 2.65. The number of thiocarbonyl (C=S) groups is 1. The lowest BCUT2D eigenvalue weighted by molar-refractivity contribution is 0.805. The van der Waals surface area contributed by atoms with Gasteiger partial charge in [0.2, 0.25) is 0 Å². The summed E-state index contributed by atoms with van der Waals surface area (Å²) in [5.74, 6) is 1.29. The molecule has 1 aliphatic heterocycles. The van der Waals surface area contributed by atoms with Crippen molar-refractivity contribution in [1.29, 1.82) is 0 Å². The predicted molar refractivity (Wildman–Crippen MR) is 81.0 cm³/mol. The van der Waals surface area contributed by atoms with E-state index in [-0.39, 0.29) is 0 Å². The van der Waals surface area contributed by atoms with E-state index >= 15 is 0 Å². The number of thioether (sulfide) groups is 1. The summed E-state index contributed by atoms with van der Waals surface area (Å²) in [6, 6.07) is 6.21. The highest BCUT2D eigenvalue weighted by Gasteiger charge is 2.15. The monoisotopic (exact) mass is 266 g/mol. The van der Waals surface area contributed by atoms with Crippen molar-refractivity contribution < 1.29 is 0 Å². The highest BCUT2D eigenvalue weighted by Crippen LogP contribution is 2.27. The highest BCUT2D eigenvalue weighted by molar-refractivity contribution is 8.00. The Morgan fingerprint density at radius 1 is 1.59 bits per heavy atom. The smallest absolute Gasteiger partial charge is 0.106 e. The molecule has 1 heterocycles. The van der Waals surface area contributed by atoms with Crippen molar-refractivity contribution in [2.24, 2.45) is 5.73 Å². The molecule has 0 spiro atoms. The first-order valence-corrected chi connectivity index (χ1v) is 7.38. The molecule has 1 atom stereocenters. The molecule has 1 unspecified atom stereocenters. The number of hydrogen-bond donors (Lipinski definition) is 2. The third kappa shape index (κ3) is 3.36. The fraction of sp³-hybridized carbons (Fsp3) is 0.462. The summed E-state index contributed by atoms with van der Waals surface area (Å²) in [6.45, 7) is 3.06. The minimum Gasteiger partial charge on any atom is -0.389 e. The van der Waals surface area contributed by atoms with Crippen LogP contribution in [0.1, 0.15) is 24.0 Å². The molecule has 1 aliphatic rings. The Bertz CT molecular complexity index is 412. The van der Waals surface area contributed by atoms with Crippen molar-refractivity contribution in [3.63, 3.8) is 0 Å². The average molecular weight is 266 g/mol. The molecule has 0 saturated carbocycles. The van der Waals surface area contributed by atoms with Crippen LogP contribution >= 0.6 is 24.0 Å². The van der Waals surface area contributed by atoms with E-state index in [4.69, 9.17) is 18.0 Å². The van der Waals surface area contributed by atoms with Gasteiger partial charge in [-0.3, -0.25) is 0 Å². The van der Waals surface area contributed by atoms with E-state index in [0.29, 0.717) is 4.99 Å². The molecule has 1 aromatic carbocycles. The maximum absolute atomic E-state index is 5.75. The molecule has 17 heavy (non-hydrogen) atoms. The van der Waals surface area contributed by atoms with Gasteiger partial charge in [-0.2, -0.15) is 11.8 Å². The quantitative estimate of drug-likeness (QED) is 0.822. The maximum Gasteiger partial charge on any atom is 0.106 e. The second-order valence-corrected chi connectivity index (χ2v) is 6.28. The molecule has 0 aromatic heterocycles. The molecule has 2 rings (SSSR count). The van der Waals surface area contributed by atoms with Gasteiger partial charge in [0.05, 0.1) is 0 Å². The van der Waals surface area contributed by atoms with Gasteiger partial charge in [-0.1, -0.05) is 23.8 Å². The fourth-order valence-electron chi connectivity index (χ4n) is 2.05. The van der Waals surface area contributed by atoms with Crippen molar-refractivity contribution in [3.05, 3.63) is 29.3 Å². The van der Waals surface area contributed by atoms with E-state index in [1.165, 1.54) is 24.2 Å². The second-order valence-electron chi connectivity index (χ2n) is 4.43. The van der Waals surface area contributed by atoms with Crippen LogP contribution in [0, 0.1) is 6.92 Å². The third-order valence-corrected chi connectivity index (χ3v) is 4.60. The molecule has 1 aromatic rings. The van der Waals surface area contributed by atoms with Gasteiger partial charge in [0, 0.05) is 23.0 Å². The lowest BCUT2D eigenvalue weighted by atomic mass is 10.1. The molecular weight excluding hydrogens is 248 g/mol. The Kier molecular flexibility index (Phi) is 4.29. The van der Waals surface area contributed by atoms with Crippen molar-refractivity contribution in [1.82, 2.24) is 0 Å². The number of anilines is 1. The zero-order chi connectivity index (χ0) is 12.3. The molecule has 1 fully saturated rings. The summed E-state index contributed by atoms with van der Waals surface area (Å²) in [7, 11) is 0. The van der Waals surface area contributed by atoms with Gasteiger partial charge in [-0.15, -0.1) is 0 Å². The standard InChI is InChI=1S/C13H18N2S2/c1-9-4-5-12(11(7-9)13(14)16)15-8-10-3-2-6-17-10/h4-5,7,10,15H,2-3,6,8H2,1H3,(H2,14,16). The summed E-state index contributed by atoms with van der Waals surface area (Å²) in [5.41, 5.74) is 8.97. The van der Waals surface area contributed by atoms with Crippen molar-refractivity contribution in [2.75, 3.05) is 17.6 Å². The van der Waals surface area contributed by atoms with E-state index in [1.54, 1.807) is 0 Å². The lowest BCUT2D eigenvalue weighted by Crippen LogP contribution is -2.18. The van der Waals surface area contributed by atoms with E-state index in [0.717, 1.165) is 23.0 Å². The third-order valence-electron chi connectivity index (χ3n) is 2.98. The molecule has 3 N–H and O–H groups in total. The molecule has 2 nitrogen and oxygen atoms in total. The number of benzene rings is 1. The molecule has 0 amide bonds. The Morgan fingerprint density at radius 2 is 2.41 bits per heavy atom. The Morgan fingerprint density at radius 3 is 3.06 bits per heavy atom. The van der Waals surface area contributed by atoms with Crippen LogP contribution in [0.4, 0.5) is 5.69 Å². The van der Waals surface area contributed by atoms with Crippen LogP contribution in [-0.2, 0) is 0 Å². The zero-order valence-electron chi connectivity index (χ0n) is 10.0. The average Bonchev–Trinajstić information content (AvgIpc) is 2.80. The van der Waals surface area contributed by atoms with Gasteiger partial charge in [0.15, 0.2) is 0 Å². The van der Waals surface area contributed by atoms with Crippen LogP contribution < -0.4 is 11.1 Å². The van der Waals surface area contributed by atoms with Gasteiger partial charge in [-0.05, 0) is 37.7 Å². The molecule has 4 heteroatoms. The molecular formula is C13H18N2S2. The summed E-state index contributed by atoms with van der Waals surface area (Å²) in [4.78, 5) is 0.468. The molecule has 92 valence electrons. The predicted octanol–water partition coefficient (Wildman–Crippen LogP) is 2.94. The topological polar surface area (TPSA) is 38.0 Å². The summed E-state index contributed by atoms with van der Waals surface area (Å²) >= 11 is 7.14. The highest BCUT2D eigenvalue weighted by atomic mass is 32.2. The Labute approximate surface area is 112 Å². The van der Waals surface area contributed by atoms with Crippen LogP contribution in [0.2, 0.25) is 0 Å². The van der Waals surface area contributed by atoms with Crippen LogP contribution in [0.3, 0.4) is 0 Å². The number of hydrogen-bond acceptors (Lipinski definition) is 3. The first kappa shape index (κ1) is 12.7. The van der Waals surface area contributed by atoms with Crippen molar-refractivity contribution in [2.45, 2.75) is 25.0 Å². The lowest BCUT2D eigenvalue weighted by Gasteiger charge is -2.15. The van der Waals surface area contributed by atoms with Gasteiger partial charge in [-0.25, -0.2) is 0 Å². The minimum atomic E-state index is 0.468. The first-order chi connectivity index (χ1) is 8.16. The van der Waals surface area contributed by atoms with E-state index in [9.17, 15) is 0 Å². The summed E-state index contributed by atoms with van der Waals surface area (Å²) < 4.78 is 0. The maximum atomic E-state index is 5.75. The number of aryl methyl sites for hydroxylation is 1. The van der Waals surface area contributed by atoms with Crippen molar-refractivity contribution in [3.8, 4) is 0 Å². The number of nitrogens with one attached hydrogen (secondary N) is 1. The van der Waals surface area contributed by atoms with Crippen LogP contribution in [0.25, 0.3) is 0 Å². The fourth-order valence-corrected chi connectivity index (χ4v) is 3.42. The van der Waals surface area contributed by atoms with E-state index in [2.05, 4.69) is 36.1 Å². The van der Waals surface area contributed by atoms with E-state index < -0.39 is 0 Å². The molecule has 1 saturated heterocycles. The van der Waals surface area contributed by atoms with Crippen molar-refractivity contribution >= 4 is 34.7 Å².